The van der Waals surface area contributed by atoms with Crippen LogP contribution in [0.2, 0.25) is 0 Å². The van der Waals surface area contributed by atoms with Gasteiger partial charge in [-0.1, -0.05) is 26.0 Å². The minimum absolute atomic E-state index is 0.424. The van der Waals surface area contributed by atoms with Crippen LogP contribution in [0.1, 0.15) is 25.8 Å². The van der Waals surface area contributed by atoms with Crippen LogP contribution in [-0.2, 0) is 10.0 Å². The maximum atomic E-state index is 11.2. The van der Waals surface area contributed by atoms with Gasteiger partial charge in [0.05, 0.1) is 25.2 Å². The minimum atomic E-state index is -3.30. The van der Waals surface area contributed by atoms with Gasteiger partial charge in [-0.3, -0.25) is 4.72 Å². The first kappa shape index (κ1) is 15.5. The Labute approximate surface area is 114 Å². The standard InChI is InChI=1S/C13H20N2O3S/c1-10(2)6-5-7-11-8-12(15-19(4,16)17)9-14-13(11)18-3/h5,7-10,15H,6H2,1-4H3. The maximum absolute atomic E-state index is 11.2. The van der Waals surface area contributed by atoms with Crippen LogP contribution in [0, 0.1) is 5.92 Å². The van der Waals surface area contributed by atoms with E-state index in [4.69, 9.17) is 4.74 Å². The summed E-state index contributed by atoms with van der Waals surface area (Å²) in [6.45, 7) is 4.25. The lowest BCUT2D eigenvalue weighted by Crippen LogP contribution is -2.10. The van der Waals surface area contributed by atoms with E-state index < -0.39 is 10.0 Å². The van der Waals surface area contributed by atoms with Gasteiger partial charge in [0.1, 0.15) is 0 Å². The molecule has 106 valence electrons. The van der Waals surface area contributed by atoms with Gasteiger partial charge in [-0.15, -0.1) is 0 Å². The SMILES string of the molecule is COc1ncc(NS(C)(=O)=O)cc1C=CCC(C)C. The average molecular weight is 284 g/mol. The molecule has 0 unspecified atom stereocenters. The summed E-state index contributed by atoms with van der Waals surface area (Å²) < 4.78 is 29.9. The zero-order valence-electron chi connectivity index (χ0n) is 11.7. The van der Waals surface area contributed by atoms with Crippen molar-refractivity contribution in [2.24, 2.45) is 5.92 Å². The second-order valence-electron chi connectivity index (χ2n) is 4.73. The zero-order chi connectivity index (χ0) is 14.5. The predicted octanol–water partition coefficient (Wildman–Crippen LogP) is 2.52. The number of nitrogens with one attached hydrogen (secondary N) is 1. The number of anilines is 1. The molecule has 1 heterocycles. The quantitative estimate of drug-likeness (QED) is 0.871. The monoisotopic (exact) mass is 284 g/mol. The molecule has 1 rings (SSSR count). The number of allylic oxidation sites excluding steroid dienone is 1. The number of methoxy groups -OCH3 is 1. The smallest absolute Gasteiger partial charge is 0.229 e. The fraction of sp³-hybridized carbons (Fsp3) is 0.462. The summed E-state index contributed by atoms with van der Waals surface area (Å²) in [6, 6.07) is 1.70. The molecule has 0 aromatic carbocycles. The summed E-state index contributed by atoms with van der Waals surface area (Å²) in [7, 11) is -1.77. The number of rotatable bonds is 6. The summed E-state index contributed by atoms with van der Waals surface area (Å²) in [5.74, 6) is 1.03. The summed E-state index contributed by atoms with van der Waals surface area (Å²) in [5.41, 5.74) is 1.17. The van der Waals surface area contributed by atoms with E-state index in [0.29, 0.717) is 17.5 Å². The number of sulfonamides is 1. The van der Waals surface area contributed by atoms with Crippen LogP contribution in [0.3, 0.4) is 0 Å². The van der Waals surface area contributed by atoms with Crippen LogP contribution in [0.5, 0.6) is 5.88 Å². The van der Waals surface area contributed by atoms with Gasteiger partial charge in [0.15, 0.2) is 0 Å². The molecular formula is C13H20N2O3S. The summed E-state index contributed by atoms with van der Waals surface area (Å²) >= 11 is 0. The Kier molecular flexibility index (Phi) is 5.35. The molecular weight excluding hydrogens is 264 g/mol. The number of hydrogen-bond donors (Lipinski definition) is 1. The fourth-order valence-corrected chi connectivity index (χ4v) is 2.04. The van der Waals surface area contributed by atoms with E-state index in [-0.39, 0.29) is 0 Å². The van der Waals surface area contributed by atoms with Crippen molar-refractivity contribution in [3.8, 4) is 5.88 Å². The molecule has 0 saturated carbocycles. The highest BCUT2D eigenvalue weighted by Crippen LogP contribution is 2.21. The van der Waals surface area contributed by atoms with Crippen LogP contribution in [0.25, 0.3) is 6.08 Å². The molecule has 1 N–H and O–H groups in total. The molecule has 5 nitrogen and oxygen atoms in total. The van der Waals surface area contributed by atoms with Crippen molar-refractivity contribution in [2.45, 2.75) is 20.3 Å². The molecule has 0 radical (unpaired) electrons. The van der Waals surface area contributed by atoms with E-state index in [0.717, 1.165) is 18.2 Å². The van der Waals surface area contributed by atoms with Crippen LogP contribution < -0.4 is 9.46 Å². The largest absolute Gasteiger partial charge is 0.481 e. The first-order chi connectivity index (χ1) is 8.81. The second-order valence-corrected chi connectivity index (χ2v) is 6.48. The number of ether oxygens (including phenoxy) is 1. The first-order valence-electron chi connectivity index (χ1n) is 6.00. The van der Waals surface area contributed by atoms with Gasteiger partial charge in [-0.05, 0) is 18.4 Å². The Morgan fingerprint density at radius 2 is 2.16 bits per heavy atom. The number of hydrogen-bond acceptors (Lipinski definition) is 4. The van der Waals surface area contributed by atoms with Crippen molar-refractivity contribution < 1.29 is 13.2 Å². The molecule has 0 fully saturated rings. The summed E-state index contributed by atoms with van der Waals surface area (Å²) in [6.07, 6.45) is 7.38. The number of pyridine rings is 1. The van der Waals surface area contributed by atoms with Gasteiger partial charge in [0.25, 0.3) is 0 Å². The maximum Gasteiger partial charge on any atom is 0.229 e. The molecule has 0 atom stereocenters. The lowest BCUT2D eigenvalue weighted by Gasteiger charge is -2.08. The first-order valence-corrected chi connectivity index (χ1v) is 7.89. The molecule has 0 aliphatic heterocycles. The molecule has 0 amide bonds. The fourth-order valence-electron chi connectivity index (χ4n) is 1.50. The molecule has 0 bridgehead atoms. The van der Waals surface area contributed by atoms with E-state index >= 15 is 0 Å². The highest BCUT2D eigenvalue weighted by atomic mass is 32.2. The Bertz CT molecular complexity index is 551. The molecule has 0 aliphatic carbocycles. The third kappa shape index (κ3) is 5.74. The van der Waals surface area contributed by atoms with Gasteiger partial charge in [-0.25, -0.2) is 13.4 Å². The van der Waals surface area contributed by atoms with Crippen LogP contribution in [0.15, 0.2) is 18.3 Å². The van der Waals surface area contributed by atoms with Crippen molar-refractivity contribution in [1.29, 1.82) is 0 Å². The topological polar surface area (TPSA) is 68.3 Å². The molecule has 0 spiro atoms. The van der Waals surface area contributed by atoms with Gasteiger partial charge < -0.3 is 4.74 Å². The van der Waals surface area contributed by atoms with E-state index in [1.807, 2.05) is 12.2 Å². The van der Waals surface area contributed by atoms with Gasteiger partial charge in [0, 0.05) is 5.56 Å². The van der Waals surface area contributed by atoms with Gasteiger partial charge >= 0.3 is 0 Å². The molecule has 1 aromatic rings. The van der Waals surface area contributed by atoms with Gasteiger partial charge in [-0.2, -0.15) is 0 Å². The number of aromatic nitrogens is 1. The molecule has 6 heteroatoms. The highest BCUT2D eigenvalue weighted by Gasteiger charge is 2.07. The van der Waals surface area contributed by atoms with Crippen molar-refractivity contribution in [1.82, 2.24) is 4.98 Å². The molecule has 19 heavy (non-hydrogen) atoms. The number of nitrogens with zero attached hydrogens (tertiary/aromatic N) is 1. The van der Waals surface area contributed by atoms with Gasteiger partial charge in [0.2, 0.25) is 15.9 Å². The van der Waals surface area contributed by atoms with Crippen LogP contribution in [-0.4, -0.2) is 26.8 Å². The van der Waals surface area contributed by atoms with E-state index in [9.17, 15) is 8.42 Å². The molecule has 1 aromatic heterocycles. The van der Waals surface area contributed by atoms with Crippen molar-refractivity contribution >= 4 is 21.8 Å². The minimum Gasteiger partial charge on any atom is -0.481 e. The molecule has 0 saturated heterocycles. The lowest BCUT2D eigenvalue weighted by atomic mass is 10.1. The average Bonchev–Trinajstić information content (AvgIpc) is 2.26. The van der Waals surface area contributed by atoms with E-state index in [2.05, 4.69) is 23.6 Å². The highest BCUT2D eigenvalue weighted by molar-refractivity contribution is 7.92. The lowest BCUT2D eigenvalue weighted by molar-refractivity contribution is 0.397. The summed E-state index contributed by atoms with van der Waals surface area (Å²) in [5, 5.41) is 0. The Balaban J connectivity index is 2.99. The van der Waals surface area contributed by atoms with Crippen molar-refractivity contribution in [3.63, 3.8) is 0 Å². The Hall–Kier alpha value is -1.56. The van der Waals surface area contributed by atoms with E-state index in [1.165, 1.54) is 13.3 Å². The van der Waals surface area contributed by atoms with Crippen molar-refractivity contribution in [3.05, 3.63) is 23.9 Å². The summed E-state index contributed by atoms with van der Waals surface area (Å²) in [4.78, 5) is 4.08. The molecule has 0 aliphatic rings. The predicted molar refractivity (Wildman–Crippen MR) is 77.7 cm³/mol. The third-order valence-electron chi connectivity index (χ3n) is 2.28. The van der Waals surface area contributed by atoms with Crippen LogP contribution >= 0.6 is 0 Å². The Morgan fingerprint density at radius 1 is 1.47 bits per heavy atom. The van der Waals surface area contributed by atoms with Crippen LogP contribution in [0.4, 0.5) is 5.69 Å². The van der Waals surface area contributed by atoms with E-state index in [1.54, 1.807) is 6.07 Å². The zero-order valence-corrected chi connectivity index (χ0v) is 12.5. The second kappa shape index (κ2) is 6.56. The Morgan fingerprint density at radius 3 is 2.68 bits per heavy atom. The third-order valence-corrected chi connectivity index (χ3v) is 2.89. The van der Waals surface area contributed by atoms with Crippen molar-refractivity contribution in [2.75, 3.05) is 18.1 Å². The normalized spacial score (nSPS) is 12.1.